The van der Waals surface area contributed by atoms with Crippen molar-refractivity contribution in [2.45, 2.75) is 20.8 Å². The SMILES string of the molecule is Cc1cc(OCC(C)C)ccc1O. The maximum Gasteiger partial charge on any atom is 0.119 e. The van der Waals surface area contributed by atoms with Crippen molar-refractivity contribution >= 4 is 0 Å². The van der Waals surface area contributed by atoms with E-state index >= 15 is 0 Å². The van der Waals surface area contributed by atoms with Crippen molar-refractivity contribution in [3.63, 3.8) is 0 Å². The summed E-state index contributed by atoms with van der Waals surface area (Å²) in [4.78, 5) is 0. The summed E-state index contributed by atoms with van der Waals surface area (Å²) in [6, 6.07) is 5.29. The highest BCUT2D eigenvalue weighted by Crippen LogP contribution is 2.21. The Morgan fingerprint density at radius 1 is 1.38 bits per heavy atom. The van der Waals surface area contributed by atoms with E-state index in [4.69, 9.17) is 4.74 Å². The van der Waals surface area contributed by atoms with E-state index in [1.165, 1.54) is 0 Å². The van der Waals surface area contributed by atoms with Gasteiger partial charge in [-0.2, -0.15) is 0 Å². The second kappa shape index (κ2) is 4.17. The monoisotopic (exact) mass is 180 g/mol. The zero-order valence-corrected chi connectivity index (χ0v) is 8.37. The number of phenols is 1. The molecule has 1 rings (SSSR count). The van der Waals surface area contributed by atoms with Gasteiger partial charge in [0.2, 0.25) is 0 Å². The lowest BCUT2D eigenvalue weighted by Gasteiger charge is -2.09. The zero-order valence-electron chi connectivity index (χ0n) is 8.37. The standard InChI is InChI=1S/C11H16O2/c1-8(2)7-13-10-4-5-11(12)9(3)6-10/h4-6,8,12H,7H2,1-3H3. The fourth-order valence-electron chi connectivity index (χ4n) is 0.981. The second-order valence-electron chi connectivity index (χ2n) is 3.65. The van der Waals surface area contributed by atoms with Gasteiger partial charge in [0.25, 0.3) is 0 Å². The molecule has 72 valence electrons. The van der Waals surface area contributed by atoms with Gasteiger partial charge in [-0.05, 0) is 36.6 Å². The average molecular weight is 180 g/mol. The summed E-state index contributed by atoms with van der Waals surface area (Å²) < 4.78 is 5.49. The van der Waals surface area contributed by atoms with E-state index in [-0.39, 0.29) is 0 Å². The molecule has 0 amide bonds. The number of ether oxygens (including phenoxy) is 1. The van der Waals surface area contributed by atoms with Crippen LogP contribution in [-0.4, -0.2) is 11.7 Å². The summed E-state index contributed by atoms with van der Waals surface area (Å²) in [5, 5.41) is 9.27. The Labute approximate surface area is 79.2 Å². The van der Waals surface area contributed by atoms with Gasteiger partial charge in [-0.3, -0.25) is 0 Å². The Balaban J connectivity index is 2.63. The predicted octanol–water partition coefficient (Wildman–Crippen LogP) is 2.74. The van der Waals surface area contributed by atoms with Crippen molar-refractivity contribution in [1.82, 2.24) is 0 Å². The quantitative estimate of drug-likeness (QED) is 0.775. The minimum absolute atomic E-state index is 0.317. The van der Waals surface area contributed by atoms with Gasteiger partial charge in [0.05, 0.1) is 6.61 Å². The number of phenolic OH excluding ortho intramolecular Hbond substituents is 1. The summed E-state index contributed by atoms with van der Waals surface area (Å²) >= 11 is 0. The van der Waals surface area contributed by atoms with Gasteiger partial charge in [0, 0.05) is 0 Å². The minimum atomic E-state index is 0.317. The molecule has 1 aromatic carbocycles. The van der Waals surface area contributed by atoms with E-state index in [2.05, 4.69) is 13.8 Å². The number of hydrogen-bond acceptors (Lipinski definition) is 2. The van der Waals surface area contributed by atoms with Crippen LogP contribution in [0.5, 0.6) is 11.5 Å². The van der Waals surface area contributed by atoms with Crippen molar-refractivity contribution in [2.75, 3.05) is 6.61 Å². The number of aryl methyl sites for hydroxylation is 1. The lowest BCUT2D eigenvalue weighted by molar-refractivity contribution is 0.270. The van der Waals surface area contributed by atoms with E-state index in [0.29, 0.717) is 18.3 Å². The Hall–Kier alpha value is -1.18. The fraction of sp³-hybridized carbons (Fsp3) is 0.455. The first-order chi connectivity index (χ1) is 6.09. The lowest BCUT2D eigenvalue weighted by atomic mass is 10.2. The van der Waals surface area contributed by atoms with Crippen LogP contribution in [0.25, 0.3) is 0 Å². The summed E-state index contributed by atoms with van der Waals surface area (Å²) in [6.45, 7) is 6.78. The molecule has 0 heterocycles. The van der Waals surface area contributed by atoms with Crippen LogP contribution in [0.15, 0.2) is 18.2 Å². The Morgan fingerprint density at radius 3 is 2.62 bits per heavy atom. The molecule has 2 nitrogen and oxygen atoms in total. The lowest BCUT2D eigenvalue weighted by Crippen LogP contribution is -2.04. The first-order valence-corrected chi connectivity index (χ1v) is 4.52. The van der Waals surface area contributed by atoms with Gasteiger partial charge in [-0.15, -0.1) is 0 Å². The van der Waals surface area contributed by atoms with E-state index in [0.717, 1.165) is 11.3 Å². The van der Waals surface area contributed by atoms with Gasteiger partial charge >= 0.3 is 0 Å². The van der Waals surface area contributed by atoms with Gasteiger partial charge in [0.1, 0.15) is 11.5 Å². The number of aromatic hydroxyl groups is 1. The highest BCUT2D eigenvalue weighted by Gasteiger charge is 1.99. The topological polar surface area (TPSA) is 29.5 Å². The molecule has 0 fully saturated rings. The van der Waals surface area contributed by atoms with E-state index in [9.17, 15) is 5.11 Å². The molecule has 1 aromatic rings. The third-order valence-corrected chi connectivity index (χ3v) is 1.75. The summed E-state index contributed by atoms with van der Waals surface area (Å²) in [6.07, 6.45) is 0. The first-order valence-electron chi connectivity index (χ1n) is 4.52. The summed E-state index contributed by atoms with van der Waals surface area (Å²) in [5.74, 6) is 1.66. The van der Waals surface area contributed by atoms with Crippen LogP contribution in [-0.2, 0) is 0 Å². The Bertz CT molecular complexity index is 279. The normalized spacial score (nSPS) is 10.5. The minimum Gasteiger partial charge on any atom is -0.508 e. The van der Waals surface area contributed by atoms with Crippen LogP contribution in [0.1, 0.15) is 19.4 Å². The average Bonchev–Trinajstić information content (AvgIpc) is 2.07. The third-order valence-electron chi connectivity index (χ3n) is 1.75. The molecule has 1 N–H and O–H groups in total. The number of benzene rings is 1. The Morgan fingerprint density at radius 2 is 2.08 bits per heavy atom. The fourth-order valence-corrected chi connectivity index (χ4v) is 0.981. The third kappa shape index (κ3) is 2.98. The van der Waals surface area contributed by atoms with Crippen molar-refractivity contribution in [3.05, 3.63) is 23.8 Å². The molecule has 0 saturated heterocycles. The van der Waals surface area contributed by atoms with Gasteiger partial charge in [-0.1, -0.05) is 13.8 Å². The van der Waals surface area contributed by atoms with Crippen LogP contribution in [0.4, 0.5) is 0 Å². The maximum absolute atomic E-state index is 9.27. The first kappa shape index (κ1) is 9.90. The molecule has 0 unspecified atom stereocenters. The molecule has 0 aliphatic rings. The highest BCUT2D eigenvalue weighted by atomic mass is 16.5. The van der Waals surface area contributed by atoms with Crippen LogP contribution in [0.3, 0.4) is 0 Å². The van der Waals surface area contributed by atoms with Gasteiger partial charge in [0.15, 0.2) is 0 Å². The molecule has 13 heavy (non-hydrogen) atoms. The zero-order chi connectivity index (χ0) is 9.84. The number of hydrogen-bond donors (Lipinski definition) is 1. The summed E-state index contributed by atoms with van der Waals surface area (Å²) in [7, 11) is 0. The molecule has 0 atom stereocenters. The molecule has 0 radical (unpaired) electrons. The van der Waals surface area contributed by atoms with Crippen LogP contribution >= 0.6 is 0 Å². The van der Waals surface area contributed by atoms with Crippen molar-refractivity contribution in [2.24, 2.45) is 5.92 Å². The smallest absolute Gasteiger partial charge is 0.119 e. The van der Waals surface area contributed by atoms with Crippen molar-refractivity contribution in [1.29, 1.82) is 0 Å². The van der Waals surface area contributed by atoms with Crippen LogP contribution in [0, 0.1) is 12.8 Å². The van der Waals surface area contributed by atoms with E-state index < -0.39 is 0 Å². The molecule has 0 aliphatic heterocycles. The van der Waals surface area contributed by atoms with Crippen molar-refractivity contribution in [3.8, 4) is 11.5 Å². The maximum atomic E-state index is 9.27. The molecule has 0 aliphatic carbocycles. The molecule has 0 aromatic heterocycles. The molecule has 0 bridgehead atoms. The highest BCUT2D eigenvalue weighted by molar-refractivity contribution is 5.38. The van der Waals surface area contributed by atoms with Crippen molar-refractivity contribution < 1.29 is 9.84 Å². The van der Waals surface area contributed by atoms with Crippen LogP contribution in [0.2, 0.25) is 0 Å². The molecule has 0 saturated carbocycles. The summed E-state index contributed by atoms with van der Waals surface area (Å²) in [5.41, 5.74) is 0.848. The van der Waals surface area contributed by atoms with Gasteiger partial charge < -0.3 is 9.84 Å². The van der Waals surface area contributed by atoms with E-state index in [1.807, 2.05) is 13.0 Å². The number of rotatable bonds is 3. The molecule has 0 spiro atoms. The molecular formula is C11H16O2. The van der Waals surface area contributed by atoms with Gasteiger partial charge in [-0.25, -0.2) is 0 Å². The largest absolute Gasteiger partial charge is 0.508 e. The molecule has 2 heteroatoms. The van der Waals surface area contributed by atoms with E-state index in [1.54, 1.807) is 12.1 Å². The second-order valence-corrected chi connectivity index (χ2v) is 3.65. The molecular weight excluding hydrogens is 164 g/mol. The predicted molar refractivity (Wildman–Crippen MR) is 53.2 cm³/mol. The van der Waals surface area contributed by atoms with Crippen LogP contribution < -0.4 is 4.74 Å². The Kier molecular flexibility index (Phi) is 3.18.